The molecule has 0 aliphatic rings. The predicted octanol–water partition coefficient (Wildman–Crippen LogP) is 2.46. The van der Waals surface area contributed by atoms with Crippen molar-refractivity contribution in [3.63, 3.8) is 0 Å². The summed E-state index contributed by atoms with van der Waals surface area (Å²) in [6.45, 7) is 1.73. The Labute approximate surface area is 110 Å². The molecule has 0 saturated heterocycles. The molecule has 0 N–H and O–H groups in total. The van der Waals surface area contributed by atoms with Gasteiger partial charge in [0.25, 0.3) is 0 Å². The van der Waals surface area contributed by atoms with E-state index in [2.05, 4.69) is 4.98 Å². The lowest BCUT2D eigenvalue weighted by atomic mass is 10.1. The fraction of sp³-hybridized carbons (Fsp3) is 0.286. The number of methoxy groups -OCH3 is 1. The van der Waals surface area contributed by atoms with Crippen LogP contribution in [0.5, 0.6) is 0 Å². The maximum absolute atomic E-state index is 13.7. The molecule has 0 fully saturated rings. The van der Waals surface area contributed by atoms with Crippen LogP contribution >= 0.6 is 0 Å². The topological polar surface area (TPSA) is 44.1 Å². The van der Waals surface area contributed by atoms with Crippen molar-refractivity contribution < 1.29 is 13.9 Å². The fourth-order valence-electron chi connectivity index (χ4n) is 1.98. The first kappa shape index (κ1) is 13.4. The van der Waals surface area contributed by atoms with Crippen LogP contribution in [-0.2, 0) is 4.74 Å². The summed E-state index contributed by atoms with van der Waals surface area (Å²) in [6, 6.07) is 9.38. The fourth-order valence-corrected chi connectivity index (χ4v) is 1.98. The summed E-state index contributed by atoms with van der Waals surface area (Å²) < 4.78 is 20.0. The molecule has 1 atom stereocenters. The van der Waals surface area contributed by atoms with Gasteiger partial charge in [-0.05, 0) is 12.5 Å². The largest absolute Gasteiger partial charge is 0.376 e. The van der Waals surface area contributed by atoms with E-state index in [4.69, 9.17) is 4.74 Å². The van der Waals surface area contributed by atoms with Gasteiger partial charge < -0.3 is 9.30 Å². The van der Waals surface area contributed by atoms with Crippen LogP contribution in [-0.4, -0.2) is 29.1 Å². The zero-order chi connectivity index (χ0) is 13.8. The lowest BCUT2D eigenvalue weighted by molar-refractivity contribution is 0.0832. The highest BCUT2D eigenvalue weighted by atomic mass is 19.1. The molecule has 19 heavy (non-hydrogen) atoms. The first-order valence-corrected chi connectivity index (χ1v) is 5.94. The Balaban J connectivity index is 2.38. The second-order valence-electron chi connectivity index (χ2n) is 4.23. The van der Waals surface area contributed by atoms with Crippen molar-refractivity contribution in [2.24, 2.45) is 0 Å². The highest BCUT2D eigenvalue weighted by Crippen LogP contribution is 2.21. The Hall–Kier alpha value is -2.01. The maximum atomic E-state index is 13.7. The summed E-state index contributed by atoms with van der Waals surface area (Å²) in [5, 5.41) is 0. The average molecular weight is 262 g/mol. The first-order valence-electron chi connectivity index (χ1n) is 5.94. The third-order valence-electron chi connectivity index (χ3n) is 2.99. The molecule has 0 bridgehead atoms. The van der Waals surface area contributed by atoms with Crippen molar-refractivity contribution in [2.75, 3.05) is 13.7 Å². The summed E-state index contributed by atoms with van der Waals surface area (Å²) in [7, 11) is 1.40. The summed E-state index contributed by atoms with van der Waals surface area (Å²) in [5.74, 6) is -1.18. The maximum Gasteiger partial charge on any atom is 0.242 e. The van der Waals surface area contributed by atoms with E-state index in [0.29, 0.717) is 0 Å². The molecule has 4 nitrogen and oxygen atoms in total. The van der Waals surface area contributed by atoms with Gasteiger partial charge in [0, 0.05) is 7.11 Å². The number of rotatable bonds is 5. The Morgan fingerprint density at radius 2 is 2.11 bits per heavy atom. The predicted molar refractivity (Wildman–Crippen MR) is 68.6 cm³/mol. The molecule has 0 saturated carbocycles. The van der Waals surface area contributed by atoms with E-state index in [1.807, 2.05) is 37.3 Å². The number of ether oxygens (including phenoxy) is 1. The number of aromatic nitrogens is 2. The van der Waals surface area contributed by atoms with Crippen molar-refractivity contribution in [1.29, 1.82) is 0 Å². The zero-order valence-electron chi connectivity index (χ0n) is 10.8. The molecule has 1 aromatic heterocycles. The molecule has 0 spiro atoms. The minimum absolute atomic E-state index is 0.0433. The lowest BCUT2D eigenvalue weighted by Gasteiger charge is -2.16. The molecular formula is C14H15FN2O2. The van der Waals surface area contributed by atoms with Crippen molar-refractivity contribution in [3.8, 4) is 0 Å². The van der Waals surface area contributed by atoms with Crippen molar-refractivity contribution in [2.45, 2.75) is 13.0 Å². The van der Waals surface area contributed by atoms with Gasteiger partial charge in [0.05, 0.1) is 12.4 Å². The average Bonchev–Trinajstić information content (AvgIpc) is 2.81. The van der Waals surface area contributed by atoms with Crippen LogP contribution in [0.15, 0.2) is 36.7 Å². The van der Waals surface area contributed by atoms with Crippen LogP contribution in [0.25, 0.3) is 0 Å². The van der Waals surface area contributed by atoms with Crippen molar-refractivity contribution in [3.05, 3.63) is 53.9 Å². The Morgan fingerprint density at radius 1 is 1.42 bits per heavy atom. The molecule has 100 valence electrons. The smallest absolute Gasteiger partial charge is 0.242 e. The minimum atomic E-state index is -0.759. The molecule has 2 aromatic rings. The van der Waals surface area contributed by atoms with Gasteiger partial charge in [-0.3, -0.25) is 4.79 Å². The molecule has 0 radical (unpaired) electrons. The van der Waals surface area contributed by atoms with E-state index in [-0.39, 0.29) is 18.3 Å². The van der Waals surface area contributed by atoms with Gasteiger partial charge in [0.15, 0.2) is 0 Å². The van der Waals surface area contributed by atoms with E-state index >= 15 is 0 Å². The highest BCUT2D eigenvalue weighted by Gasteiger charge is 2.22. The summed E-state index contributed by atoms with van der Waals surface area (Å²) >= 11 is 0. The van der Waals surface area contributed by atoms with Crippen molar-refractivity contribution in [1.82, 2.24) is 9.55 Å². The van der Waals surface area contributed by atoms with Gasteiger partial charge in [0.2, 0.25) is 11.7 Å². The Bertz CT molecular complexity index is 566. The standard InChI is InChI=1S/C14H15FN2O2/c1-10(11-6-4-3-5-7-11)17-9-16-14(15)13(17)12(18)8-19-2/h3-7,9-10H,8H2,1-2H3/t10-/m1/s1. The van der Waals surface area contributed by atoms with Gasteiger partial charge in [-0.1, -0.05) is 30.3 Å². The zero-order valence-corrected chi connectivity index (χ0v) is 10.8. The third-order valence-corrected chi connectivity index (χ3v) is 2.99. The van der Waals surface area contributed by atoms with Crippen molar-refractivity contribution >= 4 is 5.78 Å². The van der Waals surface area contributed by atoms with Crippen LogP contribution in [0.3, 0.4) is 0 Å². The Kier molecular flexibility index (Phi) is 4.06. The number of carbonyl (C=O) groups is 1. The number of ketones is 1. The van der Waals surface area contributed by atoms with Gasteiger partial charge in [-0.2, -0.15) is 4.39 Å². The quantitative estimate of drug-likeness (QED) is 0.777. The van der Waals surface area contributed by atoms with E-state index < -0.39 is 11.7 Å². The Morgan fingerprint density at radius 3 is 2.74 bits per heavy atom. The number of carbonyl (C=O) groups excluding carboxylic acids is 1. The number of benzene rings is 1. The lowest BCUT2D eigenvalue weighted by Crippen LogP contribution is -2.17. The second-order valence-corrected chi connectivity index (χ2v) is 4.23. The van der Waals surface area contributed by atoms with Crippen LogP contribution in [0.4, 0.5) is 4.39 Å². The molecule has 0 amide bonds. The van der Waals surface area contributed by atoms with E-state index in [9.17, 15) is 9.18 Å². The SMILES string of the molecule is COCC(=O)c1c(F)ncn1[C@H](C)c1ccccc1. The number of imidazole rings is 1. The highest BCUT2D eigenvalue weighted by molar-refractivity contribution is 5.95. The van der Waals surface area contributed by atoms with E-state index in [1.165, 1.54) is 18.0 Å². The van der Waals surface area contributed by atoms with Crippen LogP contribution in [0, 0.1) is 5.95 Å². The number of Topliss-reactive ketones (excluding diaryl/α,β-unsaturated/α-hetero) is 1. The molecule has 1 aromatic carbocycles. The second kappa shape index (κ2) is 5.75. The van der Waals surface area contributed by atoms with Crippen LogP contribution < -0.4 is 0 Å². The summed E-state index contributed by atoms with van der Waals surface area (Å²) in [4.78, 5) is 15.4. The van der Waals surface area contributed by atoms with Gasteiger partial charge in [-0.15, -0.1) is 0 Å². The van der Waals surface area contributed by atoms with Crippen LogP contribution in [0.1, 0.15) is 29.0 Å². The summed E-state index contributed by atoms with van der Waals surface area (Å²) in [6.07, 6.45) is 1.34. The summed E-state index contributed by atoms with van der Waals surface area (Å²) in [5.41, 5.74) is 0.935. The number of hydrogen-bond donors (Lipinski definition) is 0. The first-order chi connectivity index (χ1) is 9.15. The number of nitrogens with zero attached hydrogens (tertiary/aromatic N) is 2. The molecule has 2 rings (SSSR count). The molecule has 0 aliphatic heterocycles. The number of halogens is 1. The third kappa shape index (κ3) is 2.71. The molecule has 0 unspecified atom stereocenters. The molecule has 1 heterocycles. The normalized spacial score (nSPS) is 12.4. The van der Waals surface area contributed by atoms with Crippen LogP contribution in [0.2, 0.25) is 0 Å². The number of hydrogen-bond acceptors (Lipinski definition) is 3. The van der Waals surface area contributed by atoms with Gasteiger partial charge >= 0.3 is 0 Å². The molecular weight excluding hydrogens is 247 g/mol. The van der Waals surface area contributed by atoms with Gasteiger partial charge in [-0.25, -0.2) is 4.98 Å². The molecule has 5 heteroatoms. The molecule has 0 aliphatic carbocycles. The monoisotopic (exact) mass is 262 g/mol. The van der Waals surface area contributed by atoms with Gasteiger partial charge in [0.1, 0.15) is 12.3 Å². The van der Waals surface area contributed by atoms with E-state index in [0.717, 1.165) is 5.56 Å². The van der Waals surface area contributed by atoms with E-state index in [1.54, 1.807) is 0 Å². The minimum Gasteiger partial charge on any atom is -0.376 e.